The molecule has 1 rings (SSSR count). The van der Waals surface area contributed by atoms with Gasteiger partial charge in [-0.3, -0.25) is 4.68 Å². The first kappa shape index (κ1) is 13.7. The van der Waals surface area contributed by atoms with Crippen molar-refractivity contribution in [1.82, 2.24) is 9.78 Å². The molecule has 0 aliphatic carbocycles. The van der Waals surface area contributed by atoms with E-state index in [1.807, 2.05) is 0 Å². The maximum atomic E-state index is 11.3. The number of rotatable bonds is 8. The maximum Gasteiger partial charge on any atom is 0.341 e. The Morgan fingerprint density at radius 2 is 2.24 bits per heavy atom. The fraction of sp³-hybridized carbons (Fsp3) is 0.636. The monoisotopic (exact) mass is 242 g/mol. The highest BCUT2D eigenvalue weighted by molar-refractivity contribution is 5.88. The van der Waals surface area contributed by atoms with Crippen molar-refractivity contribution < 1.29 is 19.0 Å². The van der Waals surface area contributed by atoms with Crippen LogP contribution < -0.4 is 0 Å². The van der Waals surface area contributed by atoms with Gasteiger partial charge in [-0.1, -0.05) is 0 Å². The van der Waals surface area contributed by atoms with Gasteiger partial charge in [-0.05, 0) is 6.92 Å². The number of hydrogen-bond donors (Lipinski definition) is 0. The van der Waals surface area contributed by atoms with Gasteiger partial charge in [-0.15, -0.1) is 0 Å². The third-order valence-corrected chi connectivity index (χ3v) is 2.04. The Hall–Kier alpha value is -1.40. The summed E-state index contributed by atoms with van der Waals surface area (Å²) < 4.78 is 16.7. The highest BCUT2D eigenvalue weighted by Crippen LogP contribution is 2.00. The zero-order valence-corrected chi connectivity index (χ0v) is 10.2. The van der Waals surface area contributed by atoms with Crippen LogP contribution in [0.15, 0.2) is 12.4 Å². The molecule has 0 spiro atoms. The van der Waals surface area contributed by atoms with E-state index in [2.05, 4.69) is 5.10 Å². The Kier molecular flexibility index (Phi) is 6.27. The molecule has 0 saturated carbocycles. The summed E-state index contributed by atoms with van der Waals surface area (Å²) in [7, 11) is 1.63. The summed E-state index contributed by atoms with van der Waals surface area (Å²) in [5.74, 6) is -0.348. The fourth-order valence-electron chi connectivity index (χ4n) is 1.21. The second kappa shape index (κ2) is 7.81. The summed E-state index contributed by atoms with van der Waals surface area (Å²) in [6.45, 7) is 4.40. The number of aromatic nitrogens is 2. The van der Waals surface area contributed by atoms with E-state index in [9.17, 15) is 4.79 Å². The zero-order chi connectivity index (χ0) is 12.5. The van der Waals surface area contributed by atoms with Gasteiger partial charge in [-0.25, -0.2) is 4.79 Å². The lowest BCUT2D eigenvalue weighted by Crippen LogP contribution is -2.09. The van der Waals surface area contributed by atoms with Crippen molar-refractivity contribution in [3.63, 3.8) is 0 Å². The normalized spacial score (nSPS) is 10.5. The van der Waals surface area contributed by atoms with Gasteiger partial charge in [-0.2, -0.15) is 5.10 Å². The van der Waals surface area contributed by atoms with Gasteiger partial charge in [0.2, 0.25) is 0 Å². The third-order valence-electron chi connectivity index (χ3n) is 2.04. The average Bonchev–Trinajstić information content (AvgIpc) is 2.78. The molecule has 0 aliphatic heterocycles. The highest BCUT2D eigenvalue weighted by Gasteiger charge is 2.08. The Morgan fingerprint density at radius 1 is 1.41 bits per heavy atom. The Balaban J connectivity index is 2.28. The Labute approximate surface area is 100 Å². The number of nitrogens with zero attached hydrogens (tertiary/aromatic N) is 2. The lowest BCUT2D eigenvalue weighted by molar-refractivity contribution is 0.0525. The lowest BCUT2D eigenvalue weighted by Gasteiger charge is -2.03. The van der Waals surface area contributed by atoms with Crippen molar-refractivity contribution in [2.75, 3.05) is 33.5 Å². The van der Waals surface area contributed by atoms with Crippen LogP contribution in [0.25, 0.3) is 0 Å². The predicted octanol–water partition coefficient (Wildman–Crippen LogP) is 0.723. The van der Waals surface area contributed by atoms with Crippen LogP contribution in [0.1, 0.15) is 17.3 Å². The predicted molar refractivity (Wildman–Crippen MR) is 60.9 cm³/mol. The number of carbonyl (C=O) groups excluding carboxylic acids is 1. The van der Waals surface area contributed by atoms with Crippen LogP contribution in [0.5, 0.6) is 0 Å². The summed E-state index contributed by atoms with van der Waals surface area (Å²) in [5.41, 5.74) is 0.462. The number of ether oxygens (including phenoxy) is 3. The van der Waals surface area contributed by atoms with Crippen molar-refractivity contribution in [2.45, 2.75) is 13.5 Å². The molecule has 0 aromatic carbocycles. The summed E-state index contributed by atoms with van der Waals surface area (Å²) in [6.07, 6.45) is 3.14. The van der Waals surface area contributed by atoms with Crippen LogP contribution >= 0.6 is 0 Å². The van der Waals surface area contributed by atoms with Crippen LogP contribution in [0, 0.1) is 0 Å². The molecule has 17 heavy (non-hydrogen) atoms. The van der Waals surface area contributed by atoms with Crippen molar-refractivity contribution in [3.8, 4) is 0 Å². The van der Waals surface area contributed by atoms with Crippen molar-refractivity contribution in [2.24, 2.45) is 0 Å². The minimum Gasteiger partial charge on any atom is -0.462 e. The molecule has 96 valence electrons. The summed E-state index contributed by atoms with van der Waals surface area (Å²) in [5, 5.41) is 4.04. The Bertz CT molecular complexity index is 338. The lowest BCUT2D eigenvalue weighted by atomic mass is 10.4. The second-order valence-corrected chi connectivity index (χ2v) is 3.32. The molecule has 1 aromatic heterocycles. The minimum absolute atomic E-state index is 0.348. The van der Waals surface area contributed by atoms with Crippen molar-refractivity contribution >= 4 is 5.97 Å². The van der Waals surface area contributed by atoms with Crippen LogP contribution in [0.3, 0.4) is 0 Å². The molecule has 0 bridgehead atoms. The van der Waals surface area contributed by atoms with E-state index in [0.29, 0.717) is 38.5 Å². The molecule has 0 atom stereocenters. The Morgan fingerprint density at radius 3 is 2.94 bits per heavy atom. The highest BCUT2D eigenvalue weighted by atomic mass is 16.5. The summed E-state index contributed by atoms with van der Waals surface area (Å²) >= 11 is 0. The van der Waals surface area contributed by atoms with E-state index in [-0.39, 0.29) is 5.97 Å². The van der Waals surface area contributed by atoms with E-state index in [1.165, 1.54) is 6.20 Å². The van der Waals surface area contributed by atoms with Gasteiger partial charge < -0.3 is 14.2 Å². The van der Waals surface area contributed by atoms with E-state index >= 15 is 0 Å². The standard InChI is InChI=1S/C11H18N2O4/c1-3-17-11(14)10-8-12-13(9-10)4-5-16-7-6-15-2/h8-9H,3-7H2,1-2H3. The van der Waals surface area contributed by atoms with Gasteiger partial charge in [0.25, 0.3) is 0 Å². The second-order valence-electron chi connectivity index (χ2n) is 3.32. The molecule has 1 heterocycles. The molecule has 0 radical (unpaired) electrons. The number of hydrogen-bond acceptors (Lipinski definition) is 5. The van der Waals surface area contributed by atoms with Gasteiger partial charge in [0.1, 0.15) is 0 Å². The third kappa shape index (κ3) is 4.97. The van der Waals surface area contributed by atoms with Crippen molar-refractivity contribution in [1.29, 1.82) is 0 Å². The van der Waals surface area contributed by atoms with Gasteiger partial charge in [0, 0.05) is 13.3 Å². The number of methoxy groups -OCH3 is 1. The van der Waals surface area contributed by atoms with E-state index < -0.39 is 0 Å². The van der Waals surface area contributed by atoms with E-state index in [4.69, 9.17) is 14.2 Å². The molecule has 0 amide bonds. The average molecular weight is 242 g/mol. The quantitative estimate of drug-likeness (QED) is 0.496. The van der Waals surface area contributed by atoms with Gasteiger partial charge >= 0.3 is 5.97 Å². The zero-order valence-electron chi connectivity index (χ0n) is 10.2. The first-order valence-corrected chi connectivity index (χ1v) is 5.54. The maximum absolute atomic E-state index is 11.3. The molecular weight excluding hydrogens is 224 g/mol. The van der Waals surface area contributed by atoms with Crippen LogP contribution in [-0.4, -0.2) is 49.3 Å². The SMILES string of the molecule is CCOC(=O)c1cnn(CCOCCOC)c1. The molecule has 6 heteroatoms. The first-order chi connectivity index (χ1) is 8.27. The van der Waals surface area contributed by atoms with E-state index in [0.717, 1.165) is 0 Å². The van der Waals surface area contributed by atoms with Crippen LogP contribution in [-0.2, 0) is 20.8 Å². The minimum atomic E-state index is -0.348. The van der Waals surface area contributed by atoms with Crippen LogP contribution in [0.2, 0.25) is 0 Å². The molecule has 0 saturated heterocycles. The molecule has 6 nitrogen and oxygen atoms in total. The van der Waals surface area contributed by atoms with Crippen LogP contribution in [0.4, 0.5) is 0 Å². The molecule has 0 unspecified atom stereocenters. The molecule has 1 aromatic rings. The smallest absolute Gasteiger partial charge is 0.341 e. The fourth-order valence-corrected chi connectivity index (χ4v) is 1.21. The van der Waals surface area contributed by atoms with Crippen molar-refractivity contribution in [3.05, 3.63) is 18.0 Å². The van der Waals surface area contributed by atoms with Gasteiger partial charge in [0.15, 0.2) is 0 Å². The first-order valence-electron chi connectivity index (χ1n) is 5.54. The summed E-state index contributed by atoms with van der Waals surface area (Å²) in [6, 6.07) is 0. The molecule has 0 fully saturated rings. The molecule has 0 aliphatic rings. The summed E-state index contributed by atoms with van der Waals surface area (Å²) in [4.78, 5) is 11.3. The molecule has 0 N–H and O–H groups in total. The van der Waals surface area contributed by atoms with Gasteiger partial charge in [0.05, 0.1) is 44.7 Å². The topological polar surface area (TPSA) is 62.6 Å². The number of esters is 1. The largest absolute Gasteiger partial charge is 0.462 e. The number of carbonyl (C=O) groups is 1. The van der Waals surface area contributed by atoms with E-state index in [1.54, 1.807) is 24.9 Å². The molecular formula is C11H18N2O4.